The Morgan fingerprint density at radius 2 is 1.61 bits per heavy atom. The van der Waals surface area contributed by atoms with Crippen molar-refractivity contribution in [3.8, 4) is 5.75 Å². The van der Waals surface area contributed by atoms with Crippen molar-refractivity contribution < 1.29 is 97.2 Å². The Morgan fingerprint density at radius 1 is 0.903 bits per heavy atom. The number of nitrogens with zero attached hydrogens (tertiary/aromatic N) is 4. The fraction of sp³-hybridized carbons (Fsp3) is 0.571. The molecule has 3 aromatic rings. The van der Waals surface area contributed by atoms with Crippen LogP contribution in [0, 0.1) is 17.8 Å². The van der Waals surface area contributed by atoms with Gasteiger partial charge < -0.3 is 81.1 Å². The molecule has 1 aromatic heterocycles. The topological polar surface area (TPSA) is 415 Å². The Kier molecular flexibility index (Phi) is 28.0. The van der Waals surface area contributed by atoms with Gasteiger partial charge in [0.2, 0.25) is 24.0 Å². The zero-order valence-electron chi connectivity index (χ0n) is 53.2. The number of anilines is 1. The van der Waals surface area contributed by atoms with Crippen LogP contribution in [-0.4, -0.2) is 206 Å². The summed E-state index contributed by atoms with van der Waals surface area (Å²) in [6, 6.07) is 9.46. The number of amides is 7. The number of aryl methyl sites for hydroxylation is 1. The van der Waals surface area contributed by atoms with Crippen LogP contribution in [-0.2, 0) is 70.3 Å². The van der Waals surface area contributed by atoms with Crippen LogP contribution in [0.5, 0.6) is 5.75 Å². The van der Waals surface area contributed by atoms with Crippen LogP contribution >= 0.6 is 11.3 Å². The minimum Gasteiger partial charge on any atom is -0.481 e. The van der Waals surface area contributed by atoms with E-state index < -0.39 is 138 Å². The van der Waals surface area contributed by atoms with Crippen LogP contribution in [0.2, 0.25) is 0 Å². The monoisotopic (exact) mass is 1320 g/mol. The average Bonchev–Trinajstić information content (AvgIpc) is 1.25. The number of thiazole rings is 1. The predicted molar refractivity (Wildman–Crippen MR) is 333 cm³/mol. The number of hydrogen-bond donors (Lipinski definition) is 10. The first-order valence-electron chi connectivity index (χ1n) is 31.0. The molecule has 0 aliphatic carbocycles. The molecule has 2 aromatic carbocycles. The number of esters is 1. The second-order valence-electron chi connectivity index (χ2n) is 23.7. The second-order valence-corrected chi connectivity index (χ2v) is 24.5. The molecule has 93 heavy (non-hydrogen) atoms. The molecule has 29 nitrogen and oxygen atoms in total. The van der Waals surface area contributed by atoms with Crippen molar-refractivity contribution >= 4 is 76.5 Å². The number of carboxylic acid groups (broad SMARTS) is 2. The number of carboxylic acids is 2. The Balaban J connectivity index is 1.11. The molecular formula is C63H87N9O20S. The van der Waals surface area contributed by atoms with Gasteiger partial charge in [0.1, 0.15) is 66.2 Å². The number of imide groups is 1. The Hall–Kier alpha value is -8.13. The number of aliphatic hydroxyl groups excluding tert-OH is 3. The zero-order chi connectivity index (χ0) is 68.2. The van der Waals surface area contributed by atoms with Crippen molar-refractivity contribution in [3.05, 3.63) is 87.9 Å². The molecule has 0 bridgehead atoms. The highest BCUT2D eigenvalue weighted by Gasteiger charge is 2.48. The van der Waals surface area contributed by atoms with E-state index in [0.29, 0.717) is 42.7 Å². The molecule has 0 radical (unpaired) electrons. The molecule has 2 saturated heterocycles. The number of aliphatic carboxylic acids is 2. The highest BCUT2D eigenvalue weighted by molar-refractivity contribution is 7.09. The molecule has 4 heterocycles. The molecule has 30 heteroatoms. The highest BCUT2D eigenvalue weighted by Crippen LogP contribution is 2.34. The molecule has 0 unspecified atom stereocenters. The fourth-order valence-electron chi connectivity index (χ4n) is 11.0. The molecule has 3 aliphatic rings. The standard InChI is InChI=1S/C63H87N9O20S/c1-8-35(4)50(59(82)70(7)44(34(2)3)29-47(90-37(6)73)58-68-42(32-93-58)55(79)67-40(27-36(5)60(83)84)20-18-38-15-10-9-11-16-38)69-57(81)43-17-12-13-25-71(43)63(87)89-31-39-19-21-46(91-62-53(78)51(76)52(77)54(92-62)61(85)86)41(28-39)66-33-88-26-14-24-65-56(80)45(30-64)72-48(74)22-23-49(72)75/h9-11,15-16,19,21-23,28,32,34-36,40,43-45,47,50-54,62,66,76-78H,8,12-14,17-18,20,24-27,29-31,33,64H2,1-7H3,(H,65,80)(H,67,79)(H,69,81)(H,83,84)(H,85,86)/t35-,36-,40-,43+,44+,45-,47+,50-,51-,52-,53+,54-,62+/m0/s1. The fourth-order valence-corrected chi connectivity index (χ4v) is 11.8. The molecule has 0 saturated carbocycles. The van der Waals surface area contributed by atoms with Crippen molar-refractivity contribution in [3.63, 3.8) is 0 Å². The first-order valence-corrected chi connectivity index (χ1v) is 31.9. The van der Waals surface area contributed by atoms with E-state index in [2.05, 4.69) is 26.3 Å². The van der Waals surface area contributed by atoms with Gasteiger partial charge in [-0.05, 0) is 80.0 Å². The summed E-state index contributed by atoms with van der Waals surface area (Å²) in [6.07, 6.45) is -6.10. The lowest BCUT2D eigenvalue weighted by Gasteiger charge is -2.38. The summed E-state index contributed by atoms with van der Waals surface area (Å²) < 4.78 is 28.6. The van der Waals surface area contributed by atoms with Gasteiger partial charge in [-0.2, -0.15) is 0 Å². The number of ether oxygens (including phenoxy) is 5. The van der Waals surface area contributed by atoms with E-state index in [-0.39, 0.29) is 88.3 Å². The number of aromatic nitrogens is 1. The van der Waals surface area contributed by atoms with E-state index in [0.717, 1.165) is 34.0 Å². The molecule has 13 atom stereocenters. The summed E-state index contributed by atoms with van der Waals surface area (Å²) in [5.74, 6) is -8.27. The van der Waals surface area contributed by atoms with Crippen LogP contribution < -0.4 is 31.7 Å². The van der Waals surface area contributed by atoms with Gasteiger partial charge in [0.25, 0.3) is 17.7 Å². The third kappa shape index (κ3) is 20.4. The van der Waals surface area contributed by atoms with E-state index in [4.69, 9.17) is 29.4 Å². The van der Waals surface area contributed by atoms with Crippen LogP contribution in [0.1, 0.15) is 126 Å². The molecule has 11 N–H and O–H groups in total. The lowest BCUT2D eigenvalue weighted by Crippen LogP contribution is -2.61. The van der Waals surface area contributed by atoms with Crippen LogP contribution in [0.15, 0.2) is 66.1 Å². The number of piperidine rings is 1. The minimum atomic E-state index is -2.00. The number of likely N-dealkylation sites (tertiary alicyclic amines) is 1. The molecule has 0 spiro atoms. The maximum absolute atomic E-state index is 14.8. The van der Waals surface area contributed by atoms with E-state index in [9.17, 15) is 73.5 Å². The Labute approximate surface area is 542 Å². The number of aliphatic hydroxyl groups is 3. The van der Waals surface area contributed by atoms with Gasteiger partial charge in [-0.3, -0.25) is 48.2 Å². The number of rotatable bonds is 34. The van der Waals surface area contributed by atoms with Crippen molar-refractivity contribution in [1.29, 1.82) is 0 Å². The maximum Gasteiger partial charge on any atom is 0.410 e. The van der Waals surface area contributed by atoms with Crippen LogP contribution in [0.4, 0.5) is 10.5 Å². The summed E-state index contributed by atoms with van der Waals surface area (Å²) >= 11 is 1.09. The lowest BCUT2D eigenvalue weighted by molar-refractivity contribution is -0.271. The smallest absolute Gasteiger partial charge is 0.410 e. The molecule has 6 rings (SSSR count). The average molecular weight is 1320 g/mol. The summed E-state index contributed by atoms with van der Waals surface area (Å²) in [6.45, 7) is 9.62. The van der Waals surface area contributed by atoms with E-state index in [1.807, 2.05) is 58.0 Å². The first kappa shape index (κ1) is 73.9. The summed E-state index contributed by atoms with van der Waals surface area (Å²) in [4.78, 5) is 139. The number of carbonyl (C=O) groups is 10. The number of carbonyl (C=O) groups excluding carboxylic acids is 8. The summed E-state index contributed by atoms with van der Waals surface area (Å²) in [7, 11) is 1.60. The second kappa shape index (κ2) is 35.2. The van der Waals surface area contributed by atoms with Crippen molar-refractivity contribution in [2.75, 3.05) is 45.3 Å². The molecule has 7 amide bonds. The van der Waals surface area contributed by atoms with Gasteiger partial charge in [-0.15, -0.1) is 11.3 Å². The number of hydrogen-bond acceptors (Lipinski definition) is 22. The van der Waals surface area contributed by atoms with Crippen molar-refractivity contribution in [1.82, 2.24) is 35.6 Å². The van der Waals surface area contributed by atoms with Gasteiger partial charge in [0, 0.05) is 69.6 Å². The minimum absolute atomic E-state index is 0.0422. The third-order valence-corrected chi connectivity index (χ3v) is 17.5. The zero-order valence-corrected chi connectivity index (χ0v) is 54.0. The van der Waals surface area contributed by atoms with Gasteiger partial charge in [-0.25, -0.2) is 14.6 Å². The predicted octanol–water partition coefficient (Wildman–Crippen LogP) is 2.60. The number of nitrogens with one attached hydrogen (secondary N) is 4. The van der Waals surface area contributed by atoms with Gasteiger partial charge >= 0.3 is 24.0 Å². The van der Waals surface area contributed by atoms with Crippen molar-refractivity contribution in [2.45, 2.75) is 173 Å². The normalized spacial score (nSPS) is 21.1. The summed E-state index contributed by atoms with van der Waals surface area (Å²) in [5.41, 5.74) is 7.25. The van der Waals surface area contributed by atoms with E-state index in [1.54, 1.807) is 14.0 Å². The van der Waals surface area contributed by atoms with Gasteiger partial charge in [0.15, 0.2) is 12.2 Å². The quantitative estimate of drug-likeness (QED) is 0.0178. The number of nitrogens with two attached hydrogens (primary N) is 1. The molecule has 510 valence electrons. The Morgan fingerprint density at radius 3 is 2.26 bits per heavy atom. The van der Waals surface area contributed by atoms with Crippen molar-refractivity contribution in [2.24, 2.45) is 23.5 Å². The van der Waals surface area contributed by atoms with Crippen LogP contribution in [0.25, 0.3) is 0 Å². The number of benzene rings is 2. The maximum atomic E-state index is 14.8. The number of likely N-dealkylation sites (N-methyl/N-ethyl adjacent to an activating group) is 1. The van der Waals surface area contributed by atoms with Crippen LogP contribution in [0.3, 0.4) is 0 Å². The van der Waals surface area contributed by atoms with E-state index in [1.165, 1.54) is 40.3 Å². The largest absolute Gasteiger partial charge is 0.481 e. The third-order valence-electron chi connectivity index (χ3n) is 16.5. The first-order chi connectivity index (χ1) is 44.2. The molecule has 2 fully saturated rings. The molecular weight excluding hydrogens is 1230 g/mol. The lowest BCUT2D eigenvalue weighted by atomic mass is 9.92. The highest BCUT2D eigenvalue weighted by atomic mass is 32.1. The van der Waals surface area contributed by atoms with Gasteiger partial charge in [-0.1, -0.05) is 77.4 Å². The van der Waals surface area contributed by atoms with Gasteiger partial charge in [0.05, 0.1) is 18.2 Å². The Bertz CT molecular complexity index is 3100. The molecule has 3 aliphatic heterocycles. The summed E-state index contributed by atoms with van der Waals surface area (Å²) in [5, 5.41) is 64.2. The SMILES string of the molecule is CC[C@H](C)[C@H](NC(=O)[C@H]1CCCCN1C(=O)OCc1ccc(O[C@@H]2O[C@H](C(=O)O)[C@@H](O)[C@H](O)[C@H]2O)c(NCOCCCNC(=O)[C@H](CN)N2C(=O)C=CC2=O)c1)C(=O)N(C)[C@H](C[C@@H](OC(C)=O)c1nc(C(=O)N[C@@H](CCc2ccccc2)C[C@H](C)C(=O)O)cs1)C(C)C. The van der Waals surface area contributed by atoms with E-state index >= 15 is 0 Å².